The van der Waals surface area contributed by atoms with Gasteiger partial charge in [-0.2, -0.15) is 5.10 Å². The Morgan fingerprint density at radius 3 is 2.37 bits per heavy atom. The molecule has 160 valence electrons. The first-order valence-electron chi connectivity index (χ1n) is 10.1. The average molecular weight is 492 g/mol. The number of aryl methyl sites for hydroxylation is 1. The first kappa shape index (κ1) is 22.5. The van der Waals surface area contributed by atoms with Crippen LogP contribution in [0.3, 0.4) is 0 Å². The Hall–Kier alpha value is -2.19. The lowest BCUT2D eigenvalue weighted by molar-refractivity contribution is -0.119. The number of carbonyl (C=O) groups is 1. The molecule has 0 atom stereocenters. The first-order chi connectivity index (χ1) is 14.4. The fourth-order valence-corrected chi connectivity index (χ4v) is 5.14. The molecule has 8 heteroatoms. The molecule has 1 N–H and O–H groups in total. The Labute approximate surface area is 186 Å². The quantitative estimate of drug-likeness (QED) is 0.466. The average Bonchev–Trinajstić information content (AvgIpc) is 2.99. The first-order valence-corrected chi connectivity index (χ1v) is 12.3. The van der Waals surface area contributed by atoms with Crippen LogP contribution in [-0.4, -0.2) is 26.6 Å². The lowest BCUT2D eigenvalue weighted by atomic mass is 10.2. The summed E-state index contributed by atoms with van der Waals surface area (Å²) in [5.41, 5.74) is 4.89. The Kier molecular flexibility index (Phi) is 7.66. The zero-order valence-corrected chi connectivity index (χ0v) is 19.4. The van der Waals surface area contributed by atoms with Crippen LogP contribution in [0.1, 0.15) is 44.1 Å². The van der Waals surface area contributed by atoms with Crippen molar-refractivity contribution >= 4 is 43.3 Å². The van der Waals surface area contributed by atoms with Crippen molar-refractivity contribution in [3.8, 4) is 0 Å². The number of nitrogens with zero attached hydrogens (tertiary/aromatic N) is 2. The number of sulfonamides is 1. The molecule has 0 radical (unpaired) electrons. The third kappa shape index (κ3) is 5.92. The molecule has 1 saturated carbocycles. The molecule has 2 aromatic carbocycles. The highest BCUT2D eigenvalue weighted by Gasteiger charge is 2.27. The van der Waals surface area contributed by atoms with Crippen LogP contribution in [0.15, 0.2) is 63.0 Å². The number of amides is 1. The van der Waals surface area contributed by atoms with Gasteiger partial charge in [0, 0.05) is 10.2 Å². The van der Waals surface area contributed by atoms with Crippen molar-refractivity contribution in [1.82, 2.24) is 5.43 Å². The van der Waals surface area contributed by atoms with Crippen LogP contribution in [0.2, 0.25) is 0 Å². The Morgan fingerprint density at radius 2 is 1.73 bits per heavy atom. The van der Waals surface area contributed by atoms with E-state index in [2.05, 4.69) is 26.5 Å². The molecule has 0 aromatic heterocycles. The summed E-state index contributed by atoms with van der Waals surface area (Å²) in [4.78, 5) is 12.8. The molecule has 0 saturated heterocycles. The SMILES string of the molecule is Cc1ccc(S(=O)(=O)N(CC(=O)NN=C2CCCCCC2)c2cccc(Br)c2)cc1. The van der Waals surface area contributed by atoms with E-state index in [4.69, 9.17) is 0 Å². The number of hydrogen-bond donors (Lipinski definition) is 1. The van der Waals surface area contributed by atoms with Gasteiger partial charge in [-0.05, 0) is 62.9 Å². The number of hydrazone groups is 1. The smallest absolute Gasteiger partial charge is 0.264 e. The second-order valence-corrected chi connectivity index (χ2v) is 10.2. The molecule has 30 heavy (non-hydrogen) atoms. The van der Waals surface area contributed by atoms with Crippen molar-refractivity contribution in [3.05, 3.63) is 58.6 Å². The van der Waals surface area contributed by atoms with E-state index in [1.807, 2.05) is 6.92 Å². The van der Waals surface area contributed by atoms with Crippen LogP contribution in [0.5, 0.6) is 0 Å². The van der Waals surface area contributed by atoms with Crippen LogP contribution in [0.4, 0.5) is 5.69 Å². The van der Waals surface area contributed by atoms with Crippen LogP contribution in [0, 0.1) is 6.92 Å². The number of hydrogen-bond acceptors (Lipinski definition) is 4. The van der Waals surface area contributed by atoms with Gasteiger partial charge in [-0.3, -0.25) is 9.10 Å². The lowest BCUT2D eigenvalue weighted by Gasteiger charge is -2.24. The molecule has 3 rings (SSSR count). The van der Waals surface area contributed by atoms with Crippen molar-refractivity contribution < 1.29 is 13.2 Å². The number of halogens is 1. The molecular formula is C22H26BrN3O3S. The standard InChI is InChI=1S/C22H26BrN3O3S/c1-17-11-13-21(14-12-17)30(28,29)26(20-10-6-7-18(23)15-20)16-22(27)25-24-19-8-4-2-3-5-9-19/h6-7,10-15H,2-5,8-9,16H2,1H3,(H,25,27). The Balaban J connectivity index is 1.85. The highest BCUT2D eigenvalue weighted by atomic mass is 79.9. The summed E-state index contributed by atoms with van der Waals surface area (Å²) in [6.07, 6.45) is 6.24. The molecule has 0 aliphatic heterocycles. The van der Waals surface area contributed by atoms with Gasteiger partial charge in [0.25, 0.3) is 15.9 Å². The van der Waals surface area contributed by atoms with Gasteiger partial charge in [-0.25, -0.2) is 13.8 Å². The van der Waals surface area contributed by atoms with Gasteiger partial charge in [0.15, 0.2) is 0 Å². The number of benzene rings is 2. The highest BCUT2D eigenvalue weighted by molar-refractivity contribution is 9.10. The molecule has 0 spiro atoms. The van der Waals surface area contributed by atoms with Gasteiger partial charge in [0.1, 0.15) is 6.54 Å². The van der Waals surface area contributed by atoms with Crippen LogP contribution >= 0.6 is 15.9 Å². The van der Waals surface area contributed by atoms with Gasteiger partial charge in [0.2, 0.25) is 0 Å². The molecule has 1 aliphatic rings. The Morgan fingerprint density at radius 1 is 1.07 bits per heavy atom. The maximum Gasteiger partial charge on any atom is 0.264 e. The van der Waals surface area contributed by atoms with Gasteiger partial charge in [-0.15, -0.1) is 0 Å². The third-order valence-electron chi connectivity index (χ3n) is 5.01. The monoisotopic (exact) mass is 491 g/mol. The number of anilines is 1. The second-order valence-electron chi connectivity index (χ2n) is 7.43. The fraction of sp³-hybridized carbons (Fsp3) is 0.364. The predicted molar refractivity (Wildman–Crippen MR) is 123 cm³/mol. The summed E-state index contributed by atoms with van der Waals surface area (Å²) in [5.74, 6) is -0.470. The molecule has 0 unspecified atom stereocenters. The van der Waals surface area contributed by atoms with Gasteiger partial charge >= 0.3 is 0 Å². The summed E-state index contributed by atoms with van der Waals surface area (Å²) in [5, 5.41) is 4.26. The maximum absolute atomic E-state index is 13.3. The summed E-state index contributed by atoms with van der Waals surface area (Å²) >= 11 is 3.38. The van der Waals surface area contributed by atoms with Crippen molar-refractivity contribution in [1.29, 1.82) is 0 Å². The minimum atomic E-state index is -3.93. The number of carbonyl (C=O) groups excluding carboxylic acids is 1. The largest absolute Gasteiger partial charge is 0.271 e. The summed E-state index contributed by atoms with van der Waals surface area (Å²) < 4.78 is 28.5. The number of rotatable bonds is 6. The van der Waals surface area contributed by atoms with Gasteiger partial charge in [0.05, 0.1) is 10.6 Å². The van der Waals surface area contributed by atoms with Crippen LogP contribution in [-0.2, 0) is 14.8 Å². The van der Waals surface area contributed by atoms with E-state index in [0.717, 1.165) is 45.7 Å². The normalized spacial score (nSPS) is 14.7. The number of nitrogens with one attached hydrogen (secondary N) is 1. The second kappa shape index (κ2) is 10.2. The predicted octanol–water partition coefficient (Wildman–Crippen LogP) is 4.78. The summed E-state index contributed by atoms with van der Waals surface area (Å²) in [6.45, 7) is 1.53. The highest BCUT2D eigenvalue weighted by Crippen LogP contribution is 2.26. The minimum absolute atomic E-state index is 0.135. The Bertz CT molecular complexity index is 1010. The molecule has 0 heterocycles. The van der Waals surface area contributed by atoms with Crippen LogP contribution < -0.4 is 9.73 Å². The molecule has 0 bridgehead atoms. The molecule has 1 fully saturated rings. The van der Waals surface area contributed by atoms with E-state index in [1.165, 1.54) is 12.8 Å². The zero-order valence-electron chi connectivity index (χ0n) is 17.0. The lowest BCUT2D eigenvalue weighted by Crippen LogP contribution is -2.39. The van der Waals surface area contributed by atoms with Gasteiger partial charge in [-0.1, -0.05) is 52.5 Å². The minimum Gasteiger partial charge on any atom is -0.271 e. The van der Waals surface area contributed by atoms with Crippen molar-refractivity contribution in [2.24, 2.45) is 5.10 Å². The zero-order chi connectivity index (χ0) is 21.6. The maximum atomic E-state index is 13.3. The van der Waals surface area contributed by atoms with Crippen LogP contribution in [0.25, 0.3) is 0 Å². The molecule has 1 amide bonds. The van der Waals surface area contributed by atoms with E-state index in [0.29, 0.717) is 5.69 Å². The molecule has 2 aromatic rings. The molecule has 6 nitrogen and oxygen atoms in total. The van der Waals surface area contributed by atoms with Crippen molar-refractivity contribution in [2.45, 2.75) is 50.3 Å². The van der Waals surface area contributed by atoms with E-state index < -0.39 is 15.9 Å². The van der Waals surface area contributed by atoms with E-state index >= 15 is 0 Å². The van der Waals surface area contributed by atoms with Crippen molar-refractivity contribution in [2.75, 3.05) is 10.8 Å². The topological polar surface area (TPSA) is 78.8 Å². The molecular weight excluding hydrogens is 466 g/mol. The fourth-order valence-electron chi connectivity index (χ4n) is 3.34. The summed E-state index contributed by atoms with van der Waals surface area (Å²) in [7, 11) is -3.93. The van der Waals surface area contributed by atoms with E-state index in [-0.39, 0.29) is 11.4 Å². The van der Waals surface area contributed by atoms with Crippen molar-refractivity contribution in [3.63, 3.8) is 0 Å². The molecule has 1 aliphatic carbocycles. The van der Waals surface area contributed by atoms with E-state index in [9.17, 15) is 13.2 Å². The third-order valence-corrected chi connectivity index (χ3v) is 7.29. The van der Waals surface area contributed by atoms with E-state index in [1.54, 1.807) is 48.5 Å². The van der Waals surface area contributed by atoms with Gasteiger partial charge < -0.3 is 0 Å². The summed E-state index contributed by atoms with van der Waals surface area (Å²) in [6, 6.07) is 13.5.